The van der Waals surface area contributed by atoms with E-state index in [1.807, 2.05) is 6.92 Å². The smallest absolute Gasteiger partial charge is 0.379 e. The van der Waals surface area contributed by atoms with Gasteiger partial charge in [-0.15, -0.1) is 0 Å². The lowest BCUT2D eigenvalue weighted by molar-refractivity contribution is -0.137. The highest BCUT2D eigenvalue weighted by molar-refractivity contribution is 5.94. The predicted molar refractivity (Wildman–Crippen MR) is 82.8 cm³/mol. The predicted octanol–water partition coefficient (Wildman–Crippen LogP) is 3.36. The van der Waals surface area contributed by atoms with E-state index in [-0.39, 0.29) is 17.6 Å². The van der Waals surface area contributed by atoms with Gasteiger partial charge in [-0.1, -0.05) is 0 Å². The number of nitrogens with zero attached hydrogens (tertiary/aromatic N) is 1. The van der Waals surface area contributed by atoms with Gasteiger partial charge in [0.15, 0.2) is 0 Å². The number of likely N-dealkylation sites (tertiary alicyclic amines) is 1. The third-order valence-corrected chi connectivity index (χ3v) is 3.91. The fourth-order valence-electron chi connectivity index (χ4n) is 2.66. The van der Waals surface area contributed by atoms with Gasteiger partial charge in [-0.2, -0.15) is 13.2 Å². The SMILES string of the molecule is CCOCCOC1CCCN(C(=O)c2ccc(C(F)(F)F)cc2)C1. The fraction of sp³-hybridized carbons (Fsp3) is 0.588. The second-order valence-corrected chi connectivity index (χ2v) is 5.66. The Morgan fingerprint density at radius 1 is 1.25 bits per heavy atom. The summed E-state index contributed by atoms with van der Waals surface area (Å²) in [5.41, 5.74) is -0.493. The van der Waals surface area contributed by atoms with Crippen LogP contribution in [0, 0.1) is 0 Å². The normalized spacial score (nSPS) is 18.7. The Labute approximate surface area is 139 Å². The van der Waals surface area contributed by atoms with Crippen LogP contribution in [0.15, 0.2) is 24.3 Å². The van der Waals surface area contributed by atoms with Crippen molar-refractivity contribution in [2.75, 3.05) is 32.9 Å². The van der Waals surface area contributed by atoms with Crippen LogP contribution in [0.3, 0.4) is 0 Å². The molecule has 1 aromatic rings. The summed E-state index contributed by atoms with van der Waals surface area (Å²) < 4.78 is 48.6. The van der Waals surface area contributed by atoms with Gasteiger partial charge in [0, 0.05) is 25.3 Å². The summed E-state index contributed by atoms with van der Waals surface area (Å²) in [6.07, 6.45) is -2.78. The van der Waals surface area contributed by atoms with Crippen molar-refractivity contribution in [1.82, 2.24) is 4.90 Å². The number of carbonyl (C=O) groups excluding carboxylic acids is 1. The zero-order valence-corrected chi connectivity index (χ0v) is 13.6. The fourth-order valence-corrected chi connectivity index (χ4v) is 2.66. The molecule has 1 aliphatic rings. The van der Waals surface area contributed by atoms with E-state index < -0.39 is 11.7 Å². The highest BCUT2D eigenvalue weighted by Gasteiger charge is 2.31. The van der Waals surface area contributed by atoms with E-state index in [1.165, 1.54) is 12.1 Å². The molecule has 0 saturated carbocycles. The highest BCUT2D eigenvalue weighted by atomic mass is 19.4. The molecular weight excluding hydrogens is 323 g/mol. The molecule has 1 atom stereocenters. The standard InChI is InChI=1S/C17H22F3NO3/c1-2-23-10-11-24-15-4-3-9-21(12-15)16(22)13-5-7-14(8-6-13)17(18,19)20/h5-8,15H,2-4,9-12H2,1H3. The molecule has 7 heteroatoms. The van der Waals surface area contributed by atoms with Gasteiger partial charge in [-0.25, -0.2) is 0 Å². The molecule has 1 unspecified atom stereocenters. The van der Waals surface area contributed by atoms with Crippen LogP contribution in [0.5, 0.6) is 0 Å². The maximum Gasteiger partial charge on any atom is 0.416 e. The summed E-state index contributed by atoms with van der Waals surface area (Å²) in [4.78, 5) is 14.1. The Bertz CT molecular complexity index is 531. The molecule has 1 heterocycles. The molecule has 24 heavy (non-hydrogen) atoms. The molecule has 0 aromatic heterocycles. The van der Waals surface area contributed by atoms with Crippen LogP contribution in [-0.2, 0) is 15.7 Å². The third kappa shape index (κ3) is 5.21. The Morgan fingerprint density at radius 3 is 2.58 bits per heavy atom. The Morgan fingerprint density at radius 2 is 1.96 bits per heavy atom. The van der Waals surface area contributed by atoms with Crippen molar-refractivity contribution in [3.05, 3.63) is 35.4 Å². The molecular formula is C17H22F3NO3. The maximum atomic E-state index is 12.6. The first-order chi connectivity index (χ1) is 11.4. The van der Waals surface area contributed by atoms with Crippen molar-refractivity contribution in [2.45, 2.75) is 32.0 Å². The van der Waals surface area contributed by atoms with Crippen molar-refractivity contribution in [1.29, 1.82) is 0 Å². The molecule has 0 spiro atoms. The second kappa shape index (κ2) is 8.48. The summed E-state index contributed by atoms with van der Waals surface area (Å²) in [6, 6.07) is 4.33. The highest BCUT2D eigenvalue weighted by Crippen LogP contribution is 2.29. The van der Waals surface area contributed by atoms with E-state index in [0.29, 0.717) is 32.9 Å². The number of rotatable bonds is 6. The van der Waals surface area contributed by atoms with Gasteiger partial charge in [0.2, 0.25) is 0 Å². The average molecular weight is 345 g/mol. The van der Waals surface area contributed by atoms with Gasteiger partial charge in [-0.3, -0.25) is 4.79 Å². The number of carbonyl (C=O) groups is 1. The number of hydrogen-bond donors (Lipinski definition) is 0. The zero-order chi connectivity index (χ0) is 17.6. The Balaban J connectivity index is 1.91. The average Bonchev–Trinajstić information content (AvgIpc) is 2.58. The van der Waals surface area contributed by atoms with Crippen molar-refractivity contribution in [3.63, 3.8) is 0 Å². The van der Waals surface area contributed by atoms with Crippen molar-refractivity contribution < 1.29 is 27.4 Å². The van der Waals surface area contributed by atoms with Crippen molar-refractivity contribution >= 4 is 5.91 Å². The van der Waals surface area contributed by atoms with Crippen molar-refractivity contribution in [3.8, 4) is 0 Å². The third-order valence-electron chi connectivity index (χ3n) is 3.91. The Hall–Kier alpha value is -1.60. The van der Waals surface area contributed by atoms with Crippen LogP contribution < -0.4 is 0 Å². The molecule has 4 nitrogen and oxygen atoms in total. The van der Waals surface area contributed by atoms with Crippen LogP contribution in [0.1, 0.15) is 35.7 Å². The summed E-state index contributed by atoms with van der Waals surface area (Å²) >= 11 is 0. The number of piperidine rings is 1. The zero-order valence-electron chi connectivity index (χ0n) is 13.6. The molecule has 2 rings (SSSR count). The van der Waals surface area contributed by atoms with E-state index in [2.05, 4.69) is 0 Å². The lowest BCUT2D eigenvalue weighted by Crippen LogP contribution is -2.43. The maximum absolute atomic E-state index is 12.6. The van der Waals surface area contributed by atoms with E-state index in [0.717, 1.165) is 25.0 Å². The molecule has 134 valence electrons. The largest absolute Gasteiger partial charge is 0.416 e. The first-order valence-electron chi connectivity index (χ1n) is 8.07. The molecule has 0 N–H and O–H groups in total. The summed E-state index contributed by atoms with van der Waals surface area (Å²) in [6.45, 7) is 4.56. The number of halogens is 3. The van der Waals surface area contributed by atoms with Gasteiger partial charge in [0.25, 0.3) is 5.91 Å². The monoisotopic (exact) mass is 345 g/mol. The van der Waals surface area contributed by atoms with Crippen LogP contribution >= 0.6 is 0 Å². The quantitative estimate of drug-likeness (QED) is 0.742. The number of alkyl halides is 3. The summed E-state index contributed by atoms with van der Waals surface area (Å²) in [7, 11) is 0. The molecule has 1 aliphatic heterocycles. The van der Waals surface area contributed by atoms with Crippen molar-refractivity contribution in [2.24, 2.45) is 0 Å². The first-order valence-corrected chi connectivity index (χ1v) is 8.07. The van der Waals surface area contributed by atoms with Gasteiger partial charge in [-0.05, 0) is 44.0 Å². The number of amides is 1. The van der Waals surface area contributed by atoms with Crippen LogP contribution in [0.2, 0.25) is 0 Å². The van der Waals surface area contributed by atoms with Gasteiger partial charge in [0.05, 0.1) is 24.9 Å². The molecule has 0 aliphatic carbocycles. The molecule has 1 aromatic carbocycles. The number of benzene rings is 1. The van der Waals surface area contributed by atoms with E-state index in [9.17, 15) is 18.0 Å². The minimum absolute atomic E-state index is 0.0578. The van der Waals surface area contributed by atoms with Gasteiger partial charge >= 0.3 is 6.18 Å². The minimum atomic E-state index is -4.40. The number of hydrogen-bond acceptors (Lipinski definition) is 3. The summed E-state index contributed by atoms with van der Waals surface area (Å²) in [5.74, 6) is -0.262. The van der Waals surface area contributed by atoms with Crippen LogP contribution in [-0.4, -0.2) is 49.8 Å². The molecule has 0 bridgehead atoms. The lowest BCUT2D eigenvalue weighted by Gasteiger charge is -2.32. The van der Waals surface area contributed by atoms with Gasteiger partial charge in [0.1, 0.15) is 0 Å². The molecule has 1 saturated heterocycles. The second-order valence-electron chi connectivity index (χ2n) is 5.66. The van der Waals surface area contributed by atoms with Crippen LogP contribution in [0.4, 0.5) is 13.2 Å². The minimum Gasteiger partial charge on any atom is -0.379 e. The molecule has 1 amide bonds. The summed E-state index contributed by atoms with van der Waals surface area (Å²) in [5, 5.41) is 0. The molecule has 1 fully saturated rings. The van der Waals surface area contributed by atoms with E-state index in [4.69, 9.17) is 9.47 Å². The lowest BCUT2D eigenvalue weighted by atomic mass is 10.1. The van der Waals surface area contributed by atoms with E-state index in [1.54, 1.807) is 4.90 Å². The van der Waals surface area contributed by atoms with Crippen LogP contribution in [0.25, 0.3) is 0 Å². The molecule has 0 radical (unpaired) electrons. The first kappa shape index (κ1) is 18.7. The van der Waals surface area contributed by atoms with Gasteiger partial charge < -0.3 is 14.4 Å². The Kier molecular flexibility index (Phi) is 6.62. The van der Waals surface area contributed by atoms with E-state index >= 15 is 0 Å². The topological polar surface area (TPSA) is 38.8 Å². The number of ether oxygens (including phenoxy) is 2.